The van der Waals surface area contributed by atoms with Crippen molar-refractivity contribution in [1.29, 1.82) is 0 Å². The number of halogens is 3. The number of anilines is 3. The Morgan fingerprint density at radius 2 is 0.892 bits per heavy atom. The van der Waals surface area contributed by atoms with Crippen molar-refractivity contribution in [1.82, 2.24) is 13.3 Å². The fourth-order valence-electron chi connectivity index (χ4n) is 12.8. The summed E-state index contributed by atoms with van der Waals surface area (Å²) >= 11 is 1.21. The van der Waals surface area contributed by atoms with Crippen LogP contribution in [-0.2, 0) is 11.6 Å². The minimum Gasteiger partial charge on any atom is -0.309 e. The maximum atomic E-state index is 13.6. The molecule has 396 valence electrons. The van der Waals surface area contributed by atoms with Crippen molar-refractivity contribution >= 4 is 61.6 Å². The van der Waals surface area contributed by atoms with Gasteiger partial charge in [-0.15, -0.1) is 0 Å². The zero-order valence-electron chi connectivity index (χ0n) is 44.9. The predicted molar refractivity (Wildman–Crippen MR) is 335 cm³/mol. The highest BCUT2D eigenvalue weighted by Crippen LogP contribution is 2.56. The van der Waals surface area contributed by atoms with Crippen LogP contribution >= 0.6 is 11.7 Å². The lowest BCUT2D eigenvalue weighted by Crippen LogP contribution is -2.28. The SMILES string of the molecule is Cc1ccc(-c2ccc3c(c2)c2cc(-c4ccc(C(F)(F)F)cc4)ccc2n3-c2ccc(-c3ccc(N(c4ccccc4)c4ccc(-c5cccc(C6(c7ccccc7)c7ccccc7-c7ccccc76)c5)cc4)c4nsnc34)cc2)cc1. The van der Waals surface area contributed by atoms with Crippen LogP contribution in [0.2, 0.25) is 0 Å². The Bertz CT molecular complexity index is 4710. The molecule has 0 aliphatic heterocycles. The number of hydrogen-bond donors (Lipinski definition) is 0. The fraction of sp³-hybridized carbons (Fsp3) is 0.0400. The summed E-state index contributed by atoms with van der Waals surface area (Å²) in [5.41, 5.74) is 23.0. The van der Waals surface area contributed by atoms with Gasteiger partial charge in [-0.05, 0) is 170 Å². The molecule has 0 saturated carbocycles. The van der Waals surface area contributed by atoms with Gasteiger partial charge in [0.1, 0.15) is 11.0 Å². The van der Waals surface area contributed by atoms with E-state index in [1.807, 2.05) is 12.1 Å². The lowest BCUT2D eigenvalue weighted by molar-refractivity contribution is -0.137. The van der Waals surface area contributed by atoms with Gasteiger partial charge in [-0.1, -0.05) is 194 Å². The summed E-state index contributed by atoms with van der Waals surface area (Å²) < 4.78 is 52.9. The van der Waals surface area contributed by atoms with E-state index < -0.39 is 17.2 Å². The summed E-state index contributed by atoms with van der Waals surface area (Å²) in [4.78, 5) is 2.27. The second-order valence-corrected chi connectivity index (χ2v) is 21.9. The van der Waals surface area contributed by atoms with Crippen LogP contribution in [0.25, 0.3) is 94.2 Å². The molecular weight excluding hydrogens is 1050 g/mol. The zero-order chi connectivity index (χ0) is 55.8. The Morgan fingerprint density at radius 1 is 0.398 bits per heavy atom. The smallest absolute Gasteiger partial charge is 0.309 e. The van der Waals surface area contributed by atoms with Gasteiger partial charge in [0, 0.05) is 33.4 Å². The molecule has 0 amide bonds. The van der Waals surface area contributed by atoms with Crippen LogP contribution in [0.5, 0.6) is 0 Å². The second-order valence-electron chi connectivity index (χ2n) is 21.4. The van der Waals surface area contributed by atoms with Gasteiger partial charge in [0.05, 0.1) is 39.4 Å². The third kappa shape index (κ3) is 8.35. The van der Waals surface area contributed by atoms with E-state index in [1.54, 1.807) is 12.1 Å². The average molecular weight is 1100 g/mol. The Labute approximate surface area is 482 Å². The van der Waals surface area contributed by atoms with Crippen molar-refractivity contribution < 1.29 is 13.2 Å². The van der Waals surface area contributed by atoms with E-state index in [0.717, 1.165) is 107 Å². The van der Waals surface area contributed by atoms with E-state index in [2.05, 4.69) is 259 Å². The topological polar surface area (TPSA) is 34.0 Å². The van der Waals surface area contributed by atoms with Gasteiger partial charge in [-0.25, -0.2) is 0 Å². The van der Waals surface area contributed by atoms with Crippen molar-refractivity contribution in [2.45, 2.75) is 18.5 Å². The monoisotopic (exact) mass is 1090 g/mol. The molecule has 15 rings (SSSR count). The predicted octanol–water partition coefficient (Wildman–Crippen LogP) is 20.6. The van der Waals surface area contributed by atoms with Crippen molar-refractivity contribution in [3.63, 3.8) is 0 Å². The molecule has 1 aliphatic rings. The highest BCUT2D eigenvalue weighted by molar-refractivity contribution is 7.00. The van der Waals surface area contributed by atoms with Gasteiger partial charge in [0.25, 0.3) is 0 Å². The number of aromatic nitrogens is 3. The van der Waals surface area contributed by atoms with Crippen LogP contribution in [0.1, 0.15) is 33.4 Å². The molecule has 2 aromatic heterocycles. The molecule has 0 unspecified atom stereocenters. The van der Waals surface area contributed by atoms with Crippen molar-refractivity contribution in [3.05, 3.63) is 312 Å². The van der Waals surface area contributed by atoms with E-state index >= 15 is 0 Å². The van der Waals surface area contributed by atoms with Gasteiger partial charge < -0.3 is 9.47 Å². The van der Waals surface area contributed by atoms with Gasteiger partial charge in [-0.2, -0.15) is 21.9 Å². The summed E-state index contributed by atoms with van der Waals surface area (Å²) in [5, 5.41) is 2.05. The second kappa shape index (κ2) is 19.8. The fourth-order valence-corrected chi connectivity index (χ4v) is 13.3. The first-order valence-electron chi connectivity index (χ1n) is 27.7. The van der Waals surface area contributed by atoms with Crippen molar-refractivity contribution in [2.24, 2.45) is 0 Å². The first kappa shape index (κ1) is 49.9. The molecule has 0 N–H and O–H groups in total. The van der Waals surface area contributed by atoms with Gasteiger partial charge in [0.2, 0.25) is 0 Å². The van der Waals surface area contributed by atoms with E-state index in [1.165, 1.54) is 50.7 Å². The number of hydrogen-bond acceptors (Lipinski definition) is 4. The summed E-state index contributed by atoms with van der Waals surface area (Å²) in [6, 6.07) is 96.5. The van der Waals surface area contributed by atoms with Crippen LogP contribution in [0.15, 0.2) is 279 Å². The largest absolute Gasteiger partial charge is 0.416 e. The Morgan fingerprint density at radius 3 is 1.51 bits per heavy atom. The van der Waals surface area contributed by atoms with Crippen LogP contribution < -0.4 is 4.90 Å². The van der Waals surface area contributed by atoms with E-state index in [4.69, 9.17) is 8.75 Å². The highest BCUT2D eigenvalue weighted by atomic mass is 32.1. The summed E-state index contributed by atoms with van der Waals surface area (Å²) in [6.45, 7) is 2.08. The summed E-state index contributed by atoms with van der Waals surface area (Å²) in [6.07, 6.45) is -4.41. The molecule has 2 heterocycles. The van der Waals surface area contributed by atoms with Gasteiger partial charge in [0.15, 0.2) is 0 Å². The van der Waals surface area contributed by atoms with Crippen LogP contribution in [0, 0.1) is 6.92 Å². The maximum absolute atomic E-state index is 13.6. The number of aryl methyl sites for hydroxylation is 1. The Kier molecular flexibility index (Phi) is 11.9. The molecule has 0 bridgehead atoms. The zero-order valence-corrected chi connectivity index (χ0v) is 45.7. The van der Waals surface area contributed by atoms with E-state index in [-0.39, 0.29) is 0 Å². The third-order valence-electron chi connectivity index (χ3n) is 16.7. The minimum absolute atomic E-state index is 0.495. The average Bonchev–Trinajstić information content (AvgIpc) is 1.98. The van der Waals surface area contributed by atoms with Crippen LogP contribution in [0.4, 0.5) is 30.2 Å². The molecule has 8 heteroatoms. The molecule has 14 aromatic rings. The summed E-state index contributed by atoms with van der Waals surface area (Å²) in [7, 11) is 0. The number of nitrogens with zero attached hydrogens (tertiary/aromatic N) is 4. The first-order chi connectivity index (χ1) is 40.7. The minimum atomic E-state index is -4.41. The van der Waals surface area contributed by atoms with Crippen molar-refractivity contribution in [2.75, 3.05) is 4.90 Å². The van der Waals surface area contributed by atoms with Crippen molar-refractivity contribution in [3.8, 4) is 61.3 Å². The normalized spacial score (nSPS) is 12.7. The highest BCUT2D eigenvalue weighted by Gasteiger charge is 2.46. The lowest BCUT2D eigenvalue weighted by atomic mass is 9.67. The number of para-hydroxylation sites is 1. The molecule has 0 saturated heterocycles. The van der Waals surface area contributed by atoms with Crippen LogP contribution in [-0.4, -0.2) is 13.3 Å². The molecule has 1 aliphatic carbocycles. The first-order valence-corrected chi connectivity index (χ1v) is 28.4. The van der Waals surface area contributed by atoms with Gasteiger partial charge >= 0.3 is 6.18 Å². The molecule has 0 radical (unpaired) electrons. The third-order valence-corrected chi connectivity index (χ3v) is 17.2. The standard InChI is InChI=1S/C75H49F3N4S/c1-48-23-25-49(26-24-48)54-33-42-69-65(46-54)66-47-55(50-27-35-57(36-28-50)75(76,77)78)34-43-70(66)82(69)61-39-31-52(32-40-61)62-41-44-71(73-72(62)79-83-80-73)81(59-17-6-3-7-18-59)60-37-29-51(30-38-60)53-13-12-16-58(45-53)74(56-14-4-2-5-15-56)67-21-10-8-19-63(67)64-20-9-11-22-68(64)74/h2-47H,1H3. The van der Waals surface area contributed by atoms with E-state index in [9.17, 15) is 13.2 Å². The molecule has 12 aromatic carbocycles. The van der Waals surface area contributed by atoms with Crippen LogP contribution in [0.3, 0.4) is 0 Å². The molecule has 83 heavy (non-hydrogen) atoms. The Balaban J connectivity index is 0.782. The molecular formula is C75H49F3N4S. The maximum Gasteiger partial charge on any atom is 0.416 e. The molecule has 4 nitrogen and oxygen atoms in total. The molecule has 0 spiro atoms. The molecule has 0 fully saturated rings. The lowest BCUT2D eigenvalue weighted by Gasteiger charge is -2.34. The number of rotatable bonds is 10. The number of alkyl halides is 3. The molecule has 0 atom stereocenters. The summed E-state index contributed by atoms with van der Waals surface area (Å²) in [5.74, 6) is 0. The number of fused-ring (bicyclic) bond motifs is 7. The van der Waals surface area contributed by atoms with Gasteiger partial charge in [-0.3, -0.25) is 0 Å². The van der Waals surface area contributed by atoms with E-state index in [0.29, 0.717) is 5.56 Å². The Hall–Kier alpha value is -10.2. The number of benzene rings is 12. The quantitative estimate of drug-likeness (QED) is 0.137.